The molecule has 5 nitrogen and oxygen atoms in total. The molecule has 1 aliphatic carbocycles. The number of benzene rings is 1. The fraction of sp³-hybridized carbons (Fsp3) is 0.625. The largest absolute Gasteiger partial charge is 0.493 e. The summed E-state index contributed by atoms with van der Waals surface area (Å²) in [5.74, 6) is 1.40. The first-order valence-electron chi connectivity index (χ1n) is 7.31. The number of hydrogen-bond acceptors (Lipinski definition) is 5. The van der Waals surface area contributed by atoms with Crippen molar-refractivity contribution in [3.63, 3.8) is 0 Å². The van der Waals surface area contributed by atoms with E-state index in [0.29, 0.717) is 31.1 Å². The first kappa shape index (κ1) is 16.1. The smallest absolute Gasteiger partial charge is 0.161 e. The highest BCUT2D eigenvalue weighted by Gasteiger charge is 2.43. The van der Waals surface area contributed by atoms with Crippen LogP contribution in [0.3, 0.4) is 0 Å². The van der Waals surface area contributed by atoms with Gasteiger partial charge in [-0.2, -0.15) is 0 Å². The Morgan fingerprint density at radius 3 is 2.62 bits per heavy atom. The molecule has 0 saturated heterocycles. The van der Waals surface area contributed by atoms with E-state index >= 15 is 0 Å². The molecule has 0 spiro atoms. The highest BCUT2D eigenvalue weighted by molar-refractivity contribution is 5.43. The lowest BCUT2D eigenvalue weighted by atomic mass is 9.88. The van der Waals surface area contributed by atoms with Crippen LogP contribution in [-0.2, 0) is 15.9 Å². The van der Waals surface area contributed by atoms with Crippen LogP contribution in [0.15, 0.2) is 18.2 Å². The van der Waals surface area contributed by atoms with E-state index in [4.69, 9.17) is 18.9 Å². The molecule has 1 N–H and O–H groups in total. The first-order chi connectivity index (χ1) is 10.2. The third-order valence-electron chi connectivity index (χ3n) is 3.73. The van der Waals surface area contributed by atoms with Gasteiger partial charge in [-0.1, -0.05) is 13.0 Å². The average Bonchev–Trinajstić information content (AvgIpc) is 2.51. The molecule has 1 aliphatic rings. The summed E-state index contributed by atoms with van der Waals surface area (Å²) in [6.45, 7) is 3.05. The van der Waals surface area contributed by atoms with Crippen molar-refractivity contribution in [3.8, 4) is 11.5 Å². The predicted octanol–water partition coefficient (Wildman–Crippen LogP) is 1.80. The number of aliphatic hydroxyl groups excluding tert-OH is 1. The molecule has 1 fully saturated rings. The maximum Gasteiger partial charge on any atom is 0.161 e. The number of aryl methyl sites for hydroxylation is 1. The molecule has 5 heteroatoms. The van der Waals surface area contributed by atoms with Crippen molar-refractivity contribution in [3.05, 3.63) is 23.8 Å². The number of rotatable bonds is 8. The molecule has 0 aliphatic heterocycles. The normalized spacial score (nSPS) is 24.5. The van der Waals surface area contributed by atoms with Crippen molar-refractivity contribution in [1.29, 1.82) is 0 Å². The van der Waals surface area contributed by atoms with E-state index in [2.05, 4.69) is 6.92 Å². The first-order valence-corrected chi connectivity index (χ1v) is 7.31. The van der Waals surface area contributed by atoms with Crippen LogP contribution in [-0.4, -0.2) is 50.9 Å². The van der Waals surface area contributed by atoms with Gasteiger partial charge in [0.15, 0.2) is 11.5 Å². The van der Waals surface area contributed by atoms with Gasteiger partial charge in [-0.3, -0.25) is 0 Å². The Morgan fingerprint density at radius 1 is 1.19 bits per heavy atom. The summed E-state index contributed by atoms with van der Waals surface area (Å²) in [7, 11) is 3.25. The fourth-order valence-electron chi connectivity index (χ4n) is 2.35. The molecule has 21 heavy (non-hydrogen) atoms. The molecule has 2 rings (SSSR count). The van der Waals surface area contributed by atoms with Gasteiger partial charge in [-0.05, 0) is 24.1 Å². The molecule has 1 saturated carbocycles. The van der Waals surface area contributed by atoms with Gasteiger partial charge in [0, 0.05) is 13.5 Å². The van der Waals surface area contributed by atoms with Crippen LogP contribution in [0.4, 0.5) is 0 Å². The Kier molecular flexibility index (Phi) is 5.85. The lowest BCUT2D eigenvalue weighted by Gasteiger charge is -2.40. The monoisotopic (exact) mass is 296 g/mol. The van der Waals surface area contributed by atoms with Crippen molar-refractivity contribution >= 4 is 0 Å². The maximum absolute atomic E-state index is 9.79. The van der Waals surface area contributed by atoms with Crippen molar-refractivity contribution in [2.75, 3.05) is 27.4 Å². The van der Waals surface area contributed by atoms with Crippen LogP contribution in [0.2, 0.25) is 0 Å². The zero-order valence-electron chi connectivity index (χ0n) is 12.9. The van der Waals surface area contributed by atoms with Gasteiger partial charge in [0.25, 0.3) is 0 Å². The molecule has 118 valence electrons. The van der Waals surface area contributed by atoms with Gasteiger partial charge in [-0.15, -0.1) is 0 Å². The molecule has 0 bridgehead atoms. The summed E-state index contributed by atoms with van der Waals surface area (Å²) < 4.78 is 21.8. The second-order valence-electron chi connectivity index (χ2n) is 5.13. The Morgan fingerprint density at radius 2 is 2.00 bits per heavy atom. The van der Waals surface area contributed by atoms with E-state index in [0.717, 1.165) is 6.42 Å². The van der Waals surface area contributed by atoms with E-state index in [1.165, 1.54) is 5.56 Å². The summed E-state index contributed by atoms with van der Waals surface area (Å²) in [5.41, 5.74) is 1.20. The number of methoxy groups -OCH3 is 2. The van der Waals surface area contributed by atoms with E-state index in [1.807, 2.05) is 18.2 Å². The molecule has 0 heterocycles. The van der Waals surface area contributed by atoms with Gasteiger partial charge in [0.1, 0.15) is 12.2 Å². The SMILES string of the molecule is CCc1ccc(OC2CC(O)C2OCCOC)c(OC)c1. The minimum atomic E-state index is -0.479. The lowest BCUT2D eigenvalue weighted by Crippen LogP contribution is -2.55. The summed E-state index contributed by atoms with van der Waals surface area (Å²) in [5, 5.41) is 9.79. The molecular formula is C16H24O5. The molecule has 3 unspecified atom stereocenters. The van der Waals surface area contributed by atoms with Crippen molar-refractivity contribution < 1.29 is 24.1 Å². The van der Waals surface area contributed by atoms with Crippen molar-refractivity contribution in [1.82, 2.24) is 0 Å². The van der Waals surface area contributed by atoms with Gasteiger partial charge < -0.3 is 24.1 Å². The molecule has 3 atom stereocenters. The van der Waals surface area contributed by atoms with E-state index in [-0.39, 0.29) is 12.2 Å². The van der Waals surface area contributed by atoms with Gasteiger partial charge in [0.05, 0.1) is 26.4 Å². The summed E-state index contributed by atoms with van der Waals surface area (Å²) >= 11 is 0. The number of hydrogen-bond donors (Lipinski definition) is 1. The minimum absolute atomic E-state index is 0.154. The van der Waals surface area contributed by atoms with E-state index in [1.54, 1.807) is 14.2 Å². The summed E-state index contributed by atoms with van der Waals surface area (Å²) in [6, 6.07) is 5.91. The Balaban J connectivity index is 1.97. The topological polar surface area (TPSA) is 57.2 Å². The molecule has 0 radical (unpaired) electrons. The number of ether oxygens (including phenoxy) is 4. The molecular weight excluding hydrogens is 272 g/mol. The van der Waals surface area contributed by atoms with Crippen LogP contribution in [0, 0.1) is 0 Å². The molecule has 0 amide bonds. The van der Waals surface area contributed by atoms with Crippen LogP contribution in [0.25, 0.3) is 0 Å². The van der Waals surface area contributed by atoms with Crippen LogP contribution >= 0.6 is 0 Å². The second kappa shape index (κ2) is 7.64. The highest BCUT2D eigenvalue weighted by Crippen LogP contribution is 2.34. The molecule has 1 aromatic carbocycles. The third-order valence-corrected chi connectivity index (χ3v) is 3.73. The Labute approximate surface area is 125 Å². The standard InChI is InChI=1S/C16H24O5/c1-4-11-5-6-13(14(9-11)19-3)21-15-10-12(17)16(15)20-8-7-18-2/h5-6,9,12,15-17H,4,7-8,10H2,1-3H3. The van der Waals surface area contributed by atoms with Gasteiger partial charge in [-0.25, -0.2) is 0 Å². The van der Waals surface area contributed by atoms with Gasteiger partial charge >= 0.3 is 0 Å². The van der Waals surface area contributed by atoms with Crippen molar-refractivity contribution in [2.45, 2.75) is 38.1 Å². The third kappa shape index (κ3) is 3.87. The van der Waals surface area contributed by atoms with Crippen molar-refractivity contribution in [2.24, 2.45) is 0 Å². The molecule has 0 aromatic heterocycles. The van der Waals surface area contributed by atoms with Crippen LogP contribution in [0.1, 0.15) is 18.9 Å². The minimum Gasteiger partial charge on any atom is -0.493 e. The quantitative estimate of drug-likeness (QED) is 0.741. The Hall–Kier alpha value is -1.30. The maximum atomic E-state index is 9.79. The zero-order chi connectivity index (χ0) is 15.2. The van der Waals surface area contributed by atoms with Gasteiger partial charge in [0.2, 0.25) is 0 Å². The van der Waals surface area contributed by atoms with Crippen LogP contribution in [0.5, 0.6) is 11.5 Å². The van der Waals surface area contributed by atoms with Crippen LogP contribution < -0.4 is 9.47 Å². The number of aliphatic hydroxyl groups is 1. The van der Waals surface area contributed by atoms with E-state index < -0.39 is 6.10 Å². The predicted molar refractivity (Wildman–Crippen MR) is 79.0 cm³/mol. The average molecular weight is 296 g/mol. The summed E-state index contributed by atoms with van der Waals surface area (Å²) in [6.07, 6.45) is 0.569. The Bertz CT molecular complexity index is 448. The lowest BCUT2D eigenvalue weighted by molar-refractivity contribution is -0.167. The highest BCUT2D eigenvalue weighted by atomic mass is 16.6. The second-order valence-corrected chi connectivity index (χ2v) is 5.13. The summed E-state index contributed by atoms with van der Waals surface area (Å²) in [4.78, 5) is 0. The van der Waals surface area contributed by atoms with E-state index in [9.17, 15) is 5.11 Å². The molecule has 1 aromatic rings. The zero-order valence-corrected chi connectivity index (χ0v) is 12.9. The fourth-order valence-corrected chi connectivity index (χ4v) is 2.35.